The predicted octanol–water partition coefficient (Wildman–Crippen LogP) is 13.1. The van der Waals surface area contributed by atoms with Crippen LogP contribution in [0.2, 0.25) is 0 Å². The van der Waals surface area contributed by atoms with Gasteiger partial charge in [0.05, 0.1) is 5.69 Å². The van der Waals surface area contributed by atoms with E-state index in [9.17, 15) is 0 Å². The largest absolute Gasteiger partial charge is 0.456 e. The van der Waals surface area contributed by atoms with E-state index in [4.69, 9.17) is 4.42 Å². The second kappa shape index (κ2) is 10.7. The molecule has 0 spiro atoms. The number of rotatable bonds is 4. The Bertz CT molecular complexity index is 2730. The van der Waals surface area contributed by atoms with Crippen LogP contribution >= 0.6 is 0 Å². The molecule has 0 fully saturated rings. The molecule has 0 saturated carbocycles. The lowest BCUT2D eigenvalue weighted by molar-refractivity contribution is 0.661. The van der Waals surface area contributed by atoms with E-state index in [1.54, 1.807) is 0 Å². The molecule has 0 unspecified atom stereocenters. The molecule has 0 amide bonds. The first kappa shape index (κ1) is 27.0. The maximum absolute atomic E-state index is 6.77. The van der Waals surface area contributed by atoms with E-state index in [0.29, 0.717) is 0 Å². The van der Waals surface area contributed by atoms with E-state index in [2.05, 4.69) is 169 Å². The summed E-state index contributed by atoms with van der Waals surface area (Å²) >= 11 is 0. The molecule has 0 saturated heterocycles. The molecule has 2 nitrogen and oxygen atoms in total. The third-order valence-corrected chi connectivity index (χ3v) is 10.1. The van der Waals surface area contributed by atoms with Crippen LogP contribution in [0.4, 0.5) is 17.1 Å². The Labute approximate surface area is 278 Å². The summed E-state index contributed by atoms with van der Waals surface area (Å²) in [5, 5.41) is 9.76. The van der Waals surface area contributed by atoms with Gasteiger partial charge in [0.1, 0.15) is 11.2 Å². The molecule has 48 heavy (non-hydrogen) atoms. The van der Waals surface area contributed by atoms with Crippen LogP contribution in [0.15, 0.2) is 162 Å². The van der Waals surface area contributed by atoms with Crippen LogP contribution in [0.1, 0.15) is 17.5 Å². The van der Waals surface area contributed by atoms with Gasteiger partial charge in [-0.25, -0.2) is 0 Å². The highest BCUT2D eigenvalue weighted by molar-refractivity contribution is 6.23. The first-order valence-electron chi connectivity index (χ1n) is 16.7. The molecular weight excluding hydrogens is 583 g/mol. The monoisotopic (exact) mass is 613 g/mol. The van der Waals surface area contributed by atoms with Gasteiger partial charge in [0.2, 0.25) is 0 Å². The van der Waals surface area contributed by atoms with Gasteiger partial charge in [-0.2, -0.15) is 0 Å². The first-order chi connectivity index (χ1) is 23.8. The van der Waals surface area contributed by atoms with Crippen LogP contribution in [-0.2, 0) is 6.42 Å². The number of furan rings is 1. The minimum absolute atomic E-state index is 0.907. The van der Waals surface area contributed by atoms with Gasteiger partial charge in [0, 0.05) is 39.2 Å². The second-order valence-electron chi connectivity index (χ2n) is 12.8. The summed E-state index contributed by atoms with van der Waals surface area (Å²) in [5.74, 6) is 0. The summed E-state index contributed by atoms with van der Waals surface area (Å²) in [7, 11) is 0. The van der Waals surface area contributed by atoms with Crippen molar-refractivity contribution in [2.45, 2.75) is 12.8 Å². The summed E-state index contributed by atoms with van der Waals surface area (Å²) < 4.78 is 6.77. The molecule has 226 valence electrons. The molecule has 0 radical (unpaired) electrons. The van der Waals surface area contributed by atoms with Crippen LogP contribution in [0, 0.1) is 0 Å². The van der Waals surface area contributed by atoms with Crippen molar-refractivity contribution in [3.05, 3.63) is 169 Å². The molecule has 0 atom stereocenters. The maximum Gasteiger partial charge on any atom is 0.139 e. The lowest BCUT2D eigenvalue weighted by Gasteiger charge is -2.28. The van der Waals surface area contributed by atoms with E-state index in [1.807, 2.05) is 0 Å². The van der Waals surface area contributed by atoms with Crippen molar-refractivity contribution in [3.63, 3.8) is 0 Å². The molecule has 1 heterocycles. The van der Waals surface area contributed by atoms with Crippen molar-refractivity contribution in [1.82, 2.24) is 0 Å². The van der Waals surface area contributed by atoms with Gasteiger partial charge >= 0.3 is 0 Å². The zero-order valence-corrected chi connectivity index (χ0v) is 26.4. The van der Waals surface area contributed by atoms with Gasteiger partial charge in [-0.1, -0.05) is 121 Å². The van der Waals surface area contributed by atoms with Crippen molar-refractivity contribution in [2.24, 2.45) is 0 Å². The number of anilines is 3. The number of aryl methyl sites for hydroxylation is 1. The highest BCUT2D eigenvalue weighted by Gasteiger charge is 2.22. The van der Waals surface area contributed by atoms with Crippen molar-refractivity contribution in [2.75, 3.05) is 4.90 Å². The fourth-order valence-corrected chi connectivity index (χ4v) is 7.81. The highest BCUT2D eigenvalue weighted by atomic mass is 16.3. The van der Waals surface area contributed by atoms with Crippen molar-refractivity contribution in [3.8, 4) is 11.1 Å². The molecular formula is C46H31NO. The van der Waals surface area contributed by atoms with Gasteiger partial charge in [-0.05, 0) is 92.9 Å². The SMILES string of the molecule is C1=Cc2ccc3c(oc4cc(N(c5cccc(-c6ccccc6)c5)c5cc6ccccc6c6ccc7ccccc7c56)ccc43)c2CC1. The standard InChI is InChI=1S/C46H31NO/c1-2-11-30(12-3-1)33-16-10-17-35(27-33)47(36-23-26-40-42-25-22-32-14-5-9-20-39(32)46(42)48-44(40)29-36)43-28-34-15-6-7-18-37(34)41-24-21-31-13-4-8-19-38(31)45(41)43/h1-8,10-19,21-29H,9,20H2. The molecule has 8 aromatic carbocycles. The van der Waals surface area contributed by atoms with Crippen LogP contribution in [0.25, 0.3) is 71.5 Å². The van der Waals surface area contributed by atoms with Crippen LogP contribution < -0.4 is 4.90 Å². The molecule has 0 aliphatic heterocycles. The first-order valence-corrected chi connectivity index (χ1v) is 16.7. The Hall–Kier alpha value is -6.12. The minimum Gasteiger partial charge on any atom is -0.456 e. The Morgan fingerprint density at radius 1 is 0.500 bits per heavy atom. The van der Waals surface area contributed by atoms with Crippen LogP contribution in [0.5, 0.6) is 0 Å². The molecule has 0 N–H and O–H groups in total. The fourth-order valence-electron chi connectivity index (χ4n) is 7.81. The van der Waals surface area contributed by atoms with E-state index < -0.39 is 0 Å². The lowest BCUT2D eigenvalue weighted by Crippen LogP contribution is -2.11. The average molecular weight is 614 g/mol. The Balaban J connectivity index is 1.29. The van der Waals surface area contributed by atoms with Gasteiger partial charge < -0.3 is 9.32 Å². The fraction of sp³-hybridized carbons (Fsp3) is 0.0435. The predicted molar refractivity (Wildman–Crippen MR) is 204 cm³/mol. The molecule has 2 heteroatoms. The summed E-state index contributed by atoms with van der Waals surface area (Å²) in [4.78, 5) is 2.43. The number of fused-ring (bicyclic) bond motifs is 10. The van der Waals surface area contributed by atoms with Crippen molar-refractivity contribution < 1.29 is 4.42 Å². The number of benzene rings is 8. The number of hydrogen-bond acceptors (Lipinski definition) is 2. The smallest absolute Gasteiger partial charge is 0.139 e. The third-order valence-electron chi connectivity index (χ3n) is 10.1. The summed E-state index contributed by atoms with van der Waals surface area (Å²) in [6, 6.07) is 55.2. The van der Waals surface area contributed by atoms with Crippen LogP contribution in [0.3, 0.4) is 0 Å². The molecule has 1 aliphatic carbocycles. The van der Waals surface area contributed by atoms with Gasteiger partial charge in [-0.3, -0.25) is 0 Å². The third kappa shape index (κ3) is 4.19. The average Bonchev–Trinajstić information content (AvgIpc) is 3.54. The lowest BCUT2D eigenvalue weighted by atomic mass is 9.94. The van der Waals surface area contributed by atoms with Crippen LogP contribution in [-0.4, -0.2) is 0 Å². The molecule has 0 bridgehead atoms. The Morgan fingerprint density at radius 2 is 1.25 bits per heavy atom. The quantitative estimate of drug-likeness (QED) is 0.184. The topological polar surface area (TPSA) is 16.4 Å². The van der Waals surface area contributed by atoms with E-state index in [0.717, 1.165) is 46.5 Å². The molecule has 9 aromatic rings. The Kier molecular flexibility index (Phi) is 6.04. The minimum atomic E-state index is 0.907. The second-order valence-corrected chi connectivity index (χ2v) is 12.8. The molecule has 1 aromatic heterocycles. The van der Waals surface area contributed by atoms with Gasteiger partial charge in [0.15, 0.2) is 0 Å². The van der Waals surface area contributed by atoms with Gasteiger partial charge in [-0.15, -0.1) is 0 Å². The summed E-state index contributed by atoms with van der Waals surface area (Å²) in [5.41, 5.74) is 10.2. The maximum atomic E-state index is 6.77. The number of nitrogens with zero attached hydrogens (tertiary/aromatic N) is 1. The summed E-state index contributed by atoms with van der Waals surface area (Å²) in [6.45, 7) is 0. The van der Waals surface area contributed by atoms with E-state index in [-0.39, 0.29) is 0 Å². The van der Waals surface area contributed by atoms with Crippen molar-refractivity contribution in [1.29, 1.82) is 0 Å². The Morgan fingerprint density at radius 3 is 2.17 bits per heavy atom. The zero-order chi connectivity index (χ0) is 31.6. The summed E-state index contributed by atoms with van der Waals surface area (Å²) in [6.07, 6.45) is 6.54. The van der Waals surface area contributed by atoms with Crippen molar-refractivity contribution >= 4 is 77.4 Å². The normalized spacial score (nSPS) is 12.8. The highest BCUT2D eigenvalue weighted by Crippen LogP contribution is 2.46. The number of allylic oxidation sites excluding steroid dienone is 1. The van der Waals surface area contributed by atoms with E-state index in [1.165, 1.54) is 60.0 Å². The van der Waals surface area contributed by atoms with E-state index >= 15 is 0 Å². The number of hydrogen-bond donors (Lipinski definition) is 0. The molecule has 10 rings (SSSR count). The molecule has 1 aliphatic rings. The van der Waals surface area contributed by atoms with Gasteiger partial charge in [0.25, 0.3) is 0 Å². The zero-order valence-electron chi connectivity index (χ0n) is 26.4.